The molecule has 0 amide bonds. The van der Waals surface area contributed by atoms with E-state index in [-0.39, 0.29) is 5.78 Å². The van der Waals surface area contributed by atoms with Crippen molar-refractivity contribution in [2.75, 3.05) is 6.54 Å². The summed E-state index contributed by atoms with van der Waals surface area (Å²) in [6, 6.07) is 2.49. The van der Waals surface area contributed by atoms with Crippen LogP contribution in [0, 0.1) is 0 Å². The van der Waals surface area contributed by atoms with E-state index in [0.717, 1.165) is 9.35 Å². The minimum atomic E-state index is 0.198. The van der Waals surface area contributed by atoms with Crippen LogP contribution in [0.1, 0.15) is 35.4 Å². The lowest BCUT2D eigenvalue weighted by Gasteiger charge is -2.10. The Labute approximate surface area is 102 Å². The molecule has 2 nitrogen and oxygen atoms in total. The van der Waals surface area contributed by atoms with Crippen LogP contribution < -0.4 is 5.32 Å². The summed E-state index contributed by atoms with van der Waals surface area (Å²) in [6.45, 7) is 0.476. The molecule has 0 unspecified atom stereocenters. The molecule has 0 bridgehead atoms. The molecule has 1 N–H and O–H groups in total. The van der Waals surface area contributed by atoms with Crippen LogP contribution in [0.5, 0.6) is 0 Å². The van der Waals surface area contributed by atoms with E-state index < -0.39 is 0 Å². The maximum absolute atomic E-state index is 11.8. The zero-order valence-corrected chi connectivity index (χ0v) is 10.9. The Morgan fingerprint density at radius 2 is 2.27 bits per heavy atom. The molecule has 0 spiro atoms. The first kappa shape index (κ1) is 11.3. The highest BCUT2D eigenvalue weighted by Crippen LogP contribution is 2.23. The number of hydrogen-bond acceptors (Lipinski definition) is 3. The summed E-state index contributed by atoms with van der Waals surface area (Å²) in [5.41, 5.74) is 0. The van der Waals surface area contributed by atoms with Crippen LogP contribution in [-0.4, -0.2) is 18.4 Å². The molecule has 1 saturated carbocycles. The number of nitrogens with one attached hydrogen (secondary N) is 1. The van der Waals surface area contributed by atoms with E-state index in [9.17, 15) is 4.79 Å². The standard InChI is InChI=1S/C11H14BrNOS/c12-9-5-6-15-11(9)10(14)7-13-8-3-1-2-4-8/h5-6,8,13H,1-4,7H2. The number of thiophene rings is 1. The van der Waals surface area contributed by atoms with Gasteiger partial charge in [-0.2, -0.15) is 0 Å². The largest absolute Gasteiger partial charge is 0.307 e. The molecule has 1 heterocycles. The van der Waals surface area contributed by atoms with Gasteiger partial charge in [-0.05, 0) is 40.2 Å². The Balaban J connectivity index is 1.84. The summed E-state index contributed by atoms with van der Waals surface area (Å²) < 4.78 is 0.922. The highest BCUT2D eigenvalue weighted by Gasteiger charge is 2.17. The van der Waals surface area contributed by atoms with Crippen LogP contribution in [0.3, 0.4) is 0 Å². The third-order valence-electron chi connectivity index (χ3n) is 2.78. The van der Waals surface area contributed by atoms with Crippen molar-refractivity contribution in [1.82, 2.24) is 5.32 Å². The molecule has 1 aromatic rings. The van der Waals surface area contributed by atoms with Gasteiger partial charge >= 0.3 is 0 Å². The first-order valence-corrected chi connectivity index (χ1v) is 6.94. The van der Waals surface area contributed by atoms with Crippen molar-refractivity contribution in [3.63, 3.8) is 0 Å². The number of ketones is 1. The maximum atomic E-state index is 11.8. The second kappa shape index (κ2) is 5.23. The fourth-order valence-corrected chi connectivity index (χ4v) is 3.47. The van der Waals surface area contributed by atoms with Gasteiger partial charge in [0.2, 0.25) is 0 Å². The van der Waals surface area contributed by atoms with Gasteiger partial charge < -0.3 is 5.32 Å². The maximum Gasteiger partial charge on any atom is 0.187 e. The van der Waals surface area contributed by atoms with Crippen LogP contribution in [0.15, 0.2) is 15.9 Å². The van der Waals surface area contributed by atoms with E-state index in [1.165, 1.54) is 37.0 Å². The normalized spacial score (nSPS) is 17.1. The Hall–Kier alpha value is -0.190. The summed E-state index contributed by atoms with van der Waals surface area (Å²) in [6.07, 6.45) is 5.04. The molecular formula is C11H14BrNOS. The fourth-order valence-electron chi connectivity index (χ4n) is 1.94. The van der Waals surface area contributed by atoms with Crippen LogP contribution in [-0.2, 0) is 0 Å². The molecule has 0 saturated heterocycles. The number of Topliss-reactive ketones (excluding diaryl/α,β-unsaturated/α-hetero) is 1. The molecule has 1 aliphatic carbocycles. The molecule has 1 aromatic heterocycles. The number of hydrogen-bond donors (Lipinski definition) is 1. The summed E-state index contributed by atoms with van der Waals surface area (Å²) in [7, 11) is 0. The highest BCUT2D eigenvalue weighted by molar-refractivity contribution is 9.10. The molecule has 0 aliphatic heterocycles. The molecule has 82 valence electrons. The molecular weight excluding hydrogens is 274 g/mol. The zero-order chi connectivity index (χ0) is 10.7. The van der Waals surface area contributed by atoms with Crippen molar-refractivity contribution in [1.29, 1.82) is 0 Å². The minimum Gasteiger partial charge on any atom is -0.307 e. The van der Waals surface area contributed by atoms with E-state index in [1.807, 2.05) is 11.4 Å². The van der Waals surface area contributed by atoms with Crippen LogP contribution in [0.25, 0.3) is 0 Å². The smallest absolute Gasteiger partial charge is 0.187 e. The second-order valence-corrected chi connectivity index (χ2v) is 5.65. The second-order valence-electron chi connectivity index (χ2n) is 3.88. The average Bonchev–Trinajstić information content (AvgIpc) is 2.84. The predicted molar refractivity (Wildman–Crippen MR) is 66.6 cm³/mol. The van der Waals surface area contributed by atoms with Gasteiger partial charge in [0.1, 0.15) is 0 Å². The Morgan fingerprint density at radius 1 is 1.53 bits per heavy atom. The lowest BCUT2D eigenvalue weighted by Crippen LogP contribution is -2.31. The van der Waals surface area contributed by atoms with Gasteiger partial charge in [-0.1, -0.05) is 12.8 Å². The van der Waals surface area contributed by atoms with Crippen LogP contribution in [0.4, 0.5) is 0 Å². The molecule has 0 atom stereocenters. The number of halogens is 1. The average molecular weight is 288 g/mol. The van der Waals surface area contributed by atoms with Gasteiger partial charge in [-0.25, -0.2) is 0 Å². The minimum absolute atomic E-state index is 0.198. The monoisotopic (exact) mass is 287 g/mol. The Bertz CT molecular complexity index is 344. The molecule has 0 radical (unpaired) electrons. The molecule has 15 heavy (non-hydrogen) atoms. The first-order chi connectivity index (χ1) is 7.27. The van der Waals surface area contributed by atoms with Gasteiger partial charge in [0.15, 0.2) is 5.78 Å². The van der Waals surface area contributed by atoms with Crippen molar-refractivity contribution in [3.05, 3.63) is 20.8 Å². The van der Waals surface area contributed by atoms with Gasteiger partial charge in [0.05, 0.1) is 11.4 Å². The van der Waals surface area contributed by atoms with E-state index in [4.69, 9.17) is 0 Å². The van der Waals surface area contributed by atoms with Gasteiger partial charge in [-0.3, -0.25) is 4.79 Å². The third kappa shape index (κ3) is 2.89. The van der Waals surface area contributed by atoms with Crippen LogP contribution >= 0.6 is 27.3 Å². The summed E-state index contributed by atoms with van der Waals surface area (Å²) >= 11 is 4.89. The lowest BCUT2D eigenvalue weighted by molar-refractivity contribution is 0.0990. The summed E-state index contributed by atoms with van der Waals surface area (Å²) in [4.78, 5) is 12.6. The molecule has 1 aliphatic rings. The molecule has 4 heteroatoms. The summed E-state index contributed by atoms with van der Waals surface area (Å²) in [5.74, 6) is 0.198. The van der Waals surface area contributed by atoms with Crippen molar-refractivity contribution in [3.8, 4) is 0 Å². The van der Waals surface area contributed by atoms with Crippen molar-refractivity contribution >= 4 is 33.0 Å². The first-order valence-electron chi connectivity index (χ1n) is 5.27. The predicted octanol–water partition coefficient (Wildman–Crippen LogP) is 3.23. The fraction of sp³-hybridized carbons (Fsp3) is 0.545. The Kier molecular flexibility index (Phi) is 3.94. The number of carbonyl (C=O) groups is 1. The topological polar surface area (TPSA) is 29.1 Å². The van der Waals surface area contributed by atoms with E-state index in [1.54, 1.807) is 0 Å². The van der Waals surface area contributed by atoms with E-state index in [0.29, 0.717) is 12.6 Å². The van der Waals surface area contributed by atoms with Crippen LogP contribution in [0.2, 0.25) is 0 Å². The Morgan fingerprint density at radius 3 is 2.87 bits per heavy atom. The zero-order valence-electron chi connectivity index (χ0n) is 8.46. The van der Waals surface area contributed by atoms with Crippen molar-refractivity contribution < 1.29 is 4.79 Å². The third-order valence-corrected chi connectivity index (χ3v) is 4.66. The van der Waals surface area contributed by atoms with Crippen molar-refractivity contribution in [2.24, 2.45) is 0 Å². The van der Waals surface area contributed by atoms with Gasteiger partial charge in [0.25, 0.3) is 0 Å². The summed E-state index contributed by atoms with van der Waals surface area (Å²) in [5, 5.41) is 5.27. The SMILES string of the molecule is O=C(CNC1CCCC1)c1sccc1Br. The van der Waals surface area contributed by atoms with Gasteiger partial charge in [0, 0.05) is 10.5 Å². The highest BCUT2D eigenvalue weighted by atomic mass is 79.9. The quantitative estimate of drug-likeness (QED) is 0.862. The number of carbonyl (C=O) groups excluding carboxylic acids is 1. The van der Waals surface area contributed by atoms with E-state index >= 15 is 0 Å². The number of rotatable bonds is 4. The lowest BCUT2D eigenvalue weighted by atomic mass is 10.2. The molecule has 1 fully saturated rings. The van der Waals surface area contributed by atoms with Crippen molar-refractivity contribution in [2.45, 2.75) is 31.7 Å². The molecule has 0 aromatic carbocycles. The van der Waals surface area contributed by atoms with Gasteiger partial charge in [-0.15, -0.1) is 11.3 Å². The van der Waals surface area contributed by atoms with E-state index in [2.05, 4.69) is 21.2 Å². The molecule has 2 rings (SSSR count).